The van der Waals surface area contributed by atoms with E-state index in [1.54, 1.807) is 0 Å². The summed E-state index contributed by atoms with van der Waals surface area (Å²) in [5, 5.41) is 2.71. The van der Waals surface area contributed by atoms with Gasteiger partial charge in [0.25, 0.3) is 8.32 Å². The van der Waals surface area contributed by atoms with Crippen molar-refractivity contribution in [1.29, 1.82) is 0 Å². The molecule has 2 aromatic rings. The van der Waals surface area contributed by atoms with Crippen molar-refractivity contribution in [3.63, 3.8) is 0 Å². The van der Waals surface area contributed by atoms with Gasteiger partial charge in [0.1, 0.15) is 6.10 Å². The van der Waals surface area contributed by atoms with Crippen molar-refractivity contribution in [3.8, 4) is 0 Å². The van der Waals surface area contributed by atoms with E-state index in [1.165, 1.54) is 10.4 Å². The average Bonchev–Trinajstić information content (AvgIpc) is 3.28. The Balaban J connectivity index is 1.79. The molecule has 1 aliphatic heterocycles. The summed E-state index contributed by atoms with van der Waals surface area (Å²) < 4.78 is 32.8. The Morgan fingerprint density at radius 3 is 1.83 bits per heavy atom. The van der Waals surface area contributed by atoms with Crippen molar-refractivity contribution < 1.29 is 23.1 Å². The van der Waals surface area contributed by atoms with Crippen LogP contribution in [0.2, 0.25) is 23.2 Å². The van der Waals surface area contributed by atoms with Crippen LogP contribution >= 0.6 is 0 Å². The lowest BCUT2D eigenvalue weighted by molar-refractivity contribution is -0.165. The van der Waals surface area contributed by atoms with Crippen LogP contribution in [0.4, 0.5) is 0 Å². The molecule has 1 heterocycles. The summed E-state index contributed by atoms with van der Waals surface area (Å²) in [4.78, 5) is 0. The Labute approximate surface area is 258 Å². The molecule has 236 valence electrons. The summed E-state index contributed by atoms with van der Waals surface area (Å²) in [6, 6.07) is 21.7. The van der Waals surface area contributed by atoms with Crippen molar-refractivity contribution >= 4 is 27.0 Å². The zero-order valence-corrected chi connectivity index (χ0v) is 30.3. The fourth-order valence-electron chi connectivity index (χ4n) is 5.60. The van der Waals surface area contributed by atoms with E-state index < -0.39 is 22.4 Å². The summed E-state index contributed by atoms with van der Waals surface area (Å²) in [5.41, 5.74) is 0. The van der Waals surface area contributed by atoms with Gasteiger partial charge < -0.3 is 23.1 Å². The molecule has 0 aliphatic carbocycles. The number of ether oxygens (including phenoxy) is 3. The minimum Gasteiger partial charge on any atom is -0.414 e. The molecule has 0 bridgehead atoms. The molecule has 2 aromatic carbocycles. The van der Waals surface area contributed by atoms with Gasteiger partial charge in [-0.25, -0.2) is 0 Å². The van der Waals surface area contributed by atoms with Gasteiger partial charge in [0, 0.05) is 6.61 Å². The molecule has 0 aromatic heterocycles. The van der Waals surface area contributed by atoms with Crippen LogP contribution in [-0.2, 0) is 23.1 Å². The first-order valence-electron chi connectivity index (χ1n) is 15.9. The third-order valence-corrected chi connectivity index (χ3v) is 18.6. The predicted molar refractivity (Wildman–Crippen MR) is 180 cm³/mol. The zero-order valence-electron chi connectivity index (χ0n) is 28.3. The lowest BCUT2D eigenvalue weighted by Crippen LogP contribution is -2.66. The first-order valence-corrected chi connectivity index (χ1v) is 20.7. The number of benzene rings is 2. The molecular formula is C35H58O5Si2. The summed E-state index contributed by atoms with van der Waals surface area (Å²) in [5.74, 6) is -0.571. The van der Waals surface area contributed by atoms with Gasteiger partial charge in [-0.05, 0) is 66.7 Å². The molecule has 3 rings (SSSR count). The fraction of sp³-hybridized carbons (Fsp3) is 0.657. The third kappa shape index (κ3) is 8.65. The Hall–Kier alpha value is -1.33. The lowest BCUT2D eigenvalue weighted by Gasteiger charge is -2.43. The smallest absolute Gasteiger partial charge is 0.261 e. The second-order valence-corrected chi connectivity index (χ2v) is 23.9. The summed E-state index contributed by atoms with van der Waals surface area (Å²) in [7, 11) is -4.51. The van der Waals surface area contributed by atoms with E-state index >= 15 is 0 Å². The van der Waals surface area contributed by atoms with Crippen LogP contribution in [0.1, 0.15) is 81.6 Å². The Morgan fingerprint density at radius 1 is 0.857 bits per heavy atom. The molecule has 1 fully saturated rings. The van der Waals surface area contributed by atoms with Crippen molar-refractivity contribution in [3.05, 3.63) is 60.7 Å². The highest BCUT2D eigenvalue weighted by atomic mass is 28.4. The van der Waals surface area contributed by atoms with Crippen LogP contribution in [0.3, 0.4) is 0 Å². The van der Waals surface area contributed by atoms with E-state index in [0.717, 1.165) is 19.3 Å². The highest BCUT2D eigenvalue weighted by molar-refractivity contribution is 6.99. The molecule has 0 amide bonds. The Bertz CT molecular complexity index is 1040. The lowest BCUT2D eigenvalue weighted by atomic mass is 10.1. The van der Waals surface area contributed by atoms with Crippen molar-refractivity contribution in [2.75, 3.05) is 19.8 Å². The average molecular weight is 615 g/mol. The van der Waals surface area contributed by atoms with Crippen LogP contribution in [0.5, 0.6) is 0 Å². The quantitative estimate of drug-likeness (QED) is 0.161. The van der Waals surface area contributed by atoms with Crippen LogP contribution in [0.15, 0.2) is 60.7 Å². The van der Waals surface area contributed by atoms with Gasteiger partial charge in [-0.15, -0.1) is 0 Å². The molecule has 0 spiro atoms. The standard InChI is InChI=1S/C35H58O5Si2/c1-12-31(32-27-36-35(8,9)40-32)39-28(26-38-41(10,11)33(2,3)4)20-19-25-37-42(34(5,6)7,29-21-15-13-16-22-29)30-23-17-14-18-24-30/h13-18,21-24,28,31-32H,12,19-20,25-27H2,1-11H3/t28-,31-,32+/m0/s1. The molecule has 1 saturated heterocycles. The third-order valence-electron chi connectivity index (χ3n) is 9.06. The van der Waals surface area contributed by atoms with Crippen LogP contribution in [0, 0.1) is 0 Å². The summed E-state index contributed by atoms with van der Waals surface area (Å²) >= 11 is 0. The highest BCUT2D eigenvalue weighted by Gasteiger charge is 2.50. The zero-order chi connectivity index (χ0) is 31.2. The van der Waals surface area contributed by atoms with E-state index in [2.05, 4.69) is 122 Å². The first-order chi connectivity index (χ1) is 19.5. The minimum atomic E-state index is -2.57. The van der Waals surface area contributed by atoms with Crippen LogP contribution < -0.4 is 10.4 Å². The molecule has 0 unspecified atom stereocenters. The molecule has 0 N–H and O–H groups in total. The summed E-state index contributed by atoms with van der Waals surface area (Å²) in [6.45, 7) is 26.4. The van der Waals surface area contributed by atoms with E-state index in [-0.39, 0.29) is 28.4 Å². The normalized spacial score (nSPS) is 19.5. The van der Waals surface area contributed by atoms with Gasteiger partial charge in [0.15, 0.2) is 14.1 Å². The largest absolute Gasteiger partial charge is 0.414 e. The predicted octanol–water partition coefficient (Wildman–Crippen LogP) is 7.68. The maximum atomic E-state index is 7.18. The van der Waals surface area contributed by atoms with Crippen molar-refractivity contribution in [1.82, 2.24) is 0 Å². The molecule has 5 nitrogen and oxygen atoms in total. The Kier molecular flexibility index (Phi) is 11.9. The molecule has 7 heteroatoms. The fourth-order valence-corrected chi connectivity index (χ4v) is 11.2. The minimum absolute atomic E-state index is 0.0425. The van der Waals surface area contributed by atoms with Gasteiger partial charge in [-0.2, -0.15) is 0 Å². The Morgan fingerprint density at radius 2 is 1.40 bits per heavy atom. The first kappa shape index (κ1) is 35.2. The molecular weight excluding hydrogens is 557 g/mol. The molecule has 0 radical (unpaired) electrons. The maximum absolute atomic E-state index is 7.18. The number of rotatable bonds is 14. The van der Waals surface area contributed by atoms with Crippen LogP contribution in [-0.4, -0.2) is 60.6 Å². The van der Waals surface area contributed by atoms with Gasteiger partial charge in [-0.3, -0.25) is 0 Å². The molecule has 3 atom stereocenters. The second-order valence-electron chi connectivity index (χ2n) is 14.8. The van der Waals surface area contributed by atoms with Crippen molar-refractivity contribution in [2.45, 2.75) is 129 Å². The maximum Gasteiger partial charge on any atom is 0.261 e. The van der Waals surface area contributed by atoms with Gasteiger partial charge >= 0.3 is 0 Å². The second kappa shape index (κ2) is 14.2. The topological polar surface area (TPSA) is 46.2 Å². The number of hydrogen-bond acceptors (Lipinski definition) is 5. The van der Waals surface area contributed by atoms with E-state index in [4.69, 9.17) is 23.1 Å². The van der Waals surface area contributed by atoms with Crippen LogP contribution in [0.25, 0.3) is 0 Å². The van der Waals surface area contributed by atoms with Crippen molar-refractivity contribution in [2.24, 2.45) is 0 Å². The van der Waals surface area contributed by atoms with Gasteiger partial charge in [0.05, 0.1) is 25.4 Å². The van der Waals surface area contributed by atoms with E-state index in [0.29, 0.717) is 19.8 Å². The molecule has 0 saturated carbocycles. The van der Waals surface area contributed by atoms with Gasteiger partial charge in [-0.1, -0.05) is 109 Å². The SMILES string of the molecule is CC[C@H](O[C@@H](CCCO[Si](c1ccccc1)(c1ccccc1)C(C)(C)C)CO[Si](C)(C)C(C)(C)C)[C@H]1COC(C)(C)O1. The van der Waals surface area contributed by atoms with Gasteiger partial charge in [0.2, 0.25) is 0 Å². The number of hydrogen-bond donors (Lipinski definition) is 0. The van der Waals surface area contributed by atoms with E-state index in [1.807, 2.05) is 13.8 Å². The monoisotopic (exact) mass is 614 g/mol. The summed E-state index contributed by atoms with van der Waals surface area (Å²) in [6.07, 6.45) is 2.45. The van der Waals surface area contributed by atoms with E-state index in [9.17, 15) is 0 Å². The molecule has 1 aliphatic rings. The molecule has 42 heavy (non-hydrogen) atoms. The highest BCUT2D eigenvalue weighted by Crippen LogP contribution is 2.38.